The average Bonchev–Trinajstić information content (AvgIpc) is 2.38. The molecule has 1 aromatic carbocycles. The maximum Gasteiger partial charge on any atom is 0.321 e. The minimum Gasteiger partial charge on any atom is -0.338 e. The Kier molecular flexibility index (Phi) is 6.11. The molecule has 3 N–H and O–H groups in total. The third-order valence-electron chi connectivity index (χ3n) is 2.82. The van der Waals surface area contributed by atoms with Crippen LogP contribution in [0, 0.1) is 5.82 Å². The third kappa shape index (κ3) is 4.97. The summed E-state index contributed by atoms with van der Waals surface area (Å²) in [7, 11) is 0. The van der Waals surface area contributed by atoms with E-state index >= 15 is 0 Å². The minimum absolute atomic E-state index is 0.208. The van der Waals surface area contributed by atoms with E-state index in [4.69, 9.17) is 0 Å². The SMILES string of the molecule is CCNC(=O)NC(=O)C(C)N[C@H](C)c1cccc(F)c1. The number of carbonyl (C=O) groups is 2. The zero-order valence-corrected chi connectivity index (χ0v) is 11.9. The number of carbonyl (C=O) groups excluding carboxylic acids is 2. The van der Waals surface area contributed by atoms with Crippen LogP contribution in [-0.2, 0) is 4.79 Å². The molecular formula is C14H20FN3O2. The van der Waals surface area contributed by atoms with Gasteiger partial charge in [-0.3, -0.25) is 15.4 Å². The lowest BCUT2D eigenvalue weighted by molar-refractivity contribution is -0.121. The Hall–Kier alpha value is -1.95. The van der Waals surface area contributed by atoms with Crippen LogP contribution in [0.2, 0.25) is 0 Å². The summed E-state index contributed by atoms with van der Waals surface area (Å²) in [6.07, 6.45) is 0. The number of urea groups is 1. The van der Waals surface area contributed by atoms with Gasteiger partial charge in [-0.15, -0.1) is 0 Å². The second-order valence-electron chi connectivity index (χ2n) is 4.51. The number of amides is 3. The van der Waals surface area contributed by atoms with Gasteiger partial charge < -0.3 is 5.32 Å². The number of halogens is 1. The molecule has 0 bridgehead atoms. The molecule has 0 heterocycles. The number of hydrogen-bond donors (Lipinski definition) is 3. The molecular weight excluding hydrogens is 261 g/mol. The van der Waals surface area contributed by atoms with Crippen molar-refractivity contribution >= 4 is 11.9 Å². The first-order chi connectivity index (χ1) is 9.43. The normalized spacial score (nSPS) is 13.4. The van der Waals surface area contributed by atoms with Crippen molar-refractivity contribution in [2.45, 2.75) is 32.9 Å². The van der Waals surface area contributed by atoms with Crippen LogP contribution < -0.4 is 16.0 Å². The summed E-state index contributed by atoms with van der Waals surface area (Å²) < 4.78 is 13.1. The summed E-state index contributed by atoms with van der Waals surface area (Å²) in [5, 5.41) is 7.71. The highest BCUT2D eigenvalue weighted by Crippen LogP contribution is 2.14. The van der Waals surface area contributed by atoms with E-state index in [0.717, 1.165) is 5.56 Å². The number of rotatable bonds is 5. The Morgan fingerprint density at radius 2 is 2.00 bits per heavy atom. The second-order valence-corrected chi connectivity index (χ2v) is 4.51. The number of imide groups is 1. The highest BCUT2D eigenvalue weighted by Gasteiger charge is 2.18. The lowest BCUT2D eigenvalue weighted by Crippen LogP contribution is -2.48. The third-order valence-corrected chi connectivity index (χ3v) is 2.82. The Morgan fingerprint density at radius 3 is 2.60 bits per heavy atom. The predicted octanol–water partition coefficient (Wildman–Crippen LogP) is 1.71. The molecule has 20 heavy (non-hydrogen) atoms. The number of nitrogens with one attached hydrogen (secondary N) is 3. The van der Waals surface area contributed by atoms with Crippen LogP contribution in [0.3, 0.4) is 0 Å². The first-order valence-corrected chi connectivity index (χ1v) is 6.54. The molecule has 0 aliphatic heterocycles. The van der Waals surface area contributed by atoms with Crippen LogP contribution in [-0.4, -0.2) is 24.5 Å². The van der Waals surface area contributed by atoms with E-state index in [-0.39, 0.29) is 11.9 Å². The molecule has 0 radical (unpaired) electrons. The molecule has 0 saturated carbocycles. The quantitative estimate of drug-likeness (QED) is 0.769. The molecule has 1 aromatic rings. The standard InChI is InChI=1S/C14H20FN3O2/c1-4-16-14(20)18-13(19)10(3)17-9(2)11-6-5-7-12(15)8-11/h5-10,17H,4H2,1-3H3,(H2,16,18,19,20)/t9-,10?/m1/s1. The summed E-state index contributed by atoms with van der Waals surface area (Å²) in [4.78, 5) is 23.0. The van der Waals surface area contributed by atoms with Gasteiger partial charge >= 0.3 is 6.03 Å². The monoisotopic (exact) mass is 281 g/mol. The lowest BCUT2D eigenvalue weighted by atomic mass is 10.1. The van der Waals surface area contributed by atoms with E-state index in [1.54, 1.807) is 26.0 Å². The highest BCUT2D eigenvalue weighted by molar-refractivity contribution is 5.96. The Bertz CT molecular complexity index is 479. The fourth-order valence-corrected chi connectivity index (χ4v) is 1.75. The van der Waals surface area contributed by atoms with Crippen molar-refractivity contribution in [3.63, 3.8) is 0 Å². The molecule has 6 heteroatoms. The highest BCUT2D eigenvalue weighted by atomic mass is 19.1. The van der Waals surface area contributed by atoms with E-state index in [2.05, 4.69) is 16.0 Å². The van der Waals surface area contributed by atoms with Gasteiger partial charge in [-0.2, -0.15) is 0 Å². The molecule has 2 atom stereocenters. The van der Waals surface area contributed by atoms with Crippen LogP contribution in [0.25, 0.3) is 0 Å². The number of benzene rings is 1. The summed E-state index contributed by atoms with van der Waals surface area (Å²) in [6, 6.07) is 4.85. The van der Waals surface area contributed by atoms with Crippen LogP contribution >= 0.6 is 0 Å². The smallest absolute Gasteiger partial charge is 0.321 e. The molecule has 0 aliphatic rings. The van der Waals surface area contributed by atoms with Gasteiger partial charge in [-0.1, -0.05) is 12.1 Å². The van der Waals surface area contributed by atoms with Gasteiger partial charge in [-0.05, 0) is 38.5 Å². The maximum atomic E-state index is 13.1. The van der Waals surface area contributed by atoms with Gasteiger partial charge in [-0.25, -0.2) is 9.18 Å². The Balaban J connectivity index is 2.54. The number of hydrogen-bond acceptors (Lipinski definition) is 3. The van der Waals surface area contributed by atoms with Gasteiger partial charge in [0.25, 0.3) is 0 Å². The zero-order valence-electron chi connectivity index (χ0n) is 11.9. The molecule has 0 aromatic heterocycles. The van der Waals surface area contributed by atoms with Gasteiger partial charge in [0, 0.05) is 12.6 Å². The van der Waals surface area contributed by atoms with E-state index in [9.17, 15) is 14.0 Å². The van der Waals surface area contributed by atoms with Crippen molar-refractivity contribution in [2.75, 3.05) is 6.54 Å². The first kappa shape index (κ1) is 16.1. The molecule has 1 unspecified atom stereocenters. The zero-order chi connectivity index (χ0) is 15.1. The summed E-state index contributed by atoms with van der Waals surface area (Å²) >= 11 is 0. The lowest BCUT2D eigenvalue weighted by Gasteiger charge is -2.19. The average molecular weight is 281 g/mol. The first-order valence-electron chi connectivity index (χ1n) is 6.54. The Labute approximate surface area is 117 Å². The molecule has 0 saturated heterocycles. The van der Waals surface area contributed by atoms with Crippen molar-refractivity contribution in [3.05, 3.63) is 35.6 Å². The van der Waals surface area contributed by atoms with Gasteiger partial charge in [0.05, 0.1) is 6.04 Å². The second kappa shape index (κ2) is 7.59. The fraction of sp³-hybridized carbons (Fsp3) is 0.429. The largest absolute Gasteiger partial charge is 0.338 e. The van der Waals surface area contributed by atoms with Gasteiger partial charge in [0.15, 0.2) is 0 Å². The minimum atomic E-state index is -0.573. The van der Waals surface area contributed by atoms with E-state index < -0.39 is 18.0 Å². The van der Waals surface area contributed by atoms with Crippen molar-refractivity contribution < 1.29 is 14.0 Å². The van der Waals surface area contributed by atoms with Crippen LogP contribution in [0.15, 0.2) is 24.3 Å². The van der Waals surface area contributed by atoms with Crippen molar-refractivity contribution in [1.29, 1.82) is 0 Å². The van der Waals surface area contributed by atoms with Crippen LogP contribution in [0.4, 0.5) is 9.18 Å². The molecule has 0 fully saturated rings. The van der Waals surface area contributed by atoms with Gasteiger partial charge in [0.1, 0.15) is 5.82 Å². The fourth-order valence-electron chi connectivity index (χ4n) is 1.75. The molecule has 1 rings (SSSR count). The molecule has 0 spiro atoms. The predicted molar refractivity (Wildman–Crippen MR) is 74.6 cm³/mol. The summed E-state index contributed by atoms with van der Waals surface area (Å²) in [5.41, 5.74) is 0.739. The van der Waals surface area contributed by atoms with Crippen LogP contribution in [0.1, 0.15) is 32.4 Å². The van der Waals surface area contributed by atoms with Crippen LogP contribution in [0.5, 0.6) is 0 Å². The summed E-state index contributed by atoms with van der Waals surface area (Å²) in [6.45, 7) is 5.67. The van der Waals surface area contributed by atoms with Crippen molar-refractivity contribution in [1.82, 2.24) is 16.0 Å². The van der Waals surface area contributed by atoms with Crippen molar-refractivity contribution in [2.24, 2.45) is 0 Å². The van der Waals surface area contributed by atoms with E-state index in [0.29, 0.717) is 6.54 Å². The Morgan fingerprint density at radius 1 is 1.30 bits per heavy atom. The molecule has 5 nitrogen and oxygen atoms in total. The topological polar surface area (TPSA) is 70.2 Å². The van der Waals surface area contributed by atoms with E-state index in [1.807, 2.05) is 6.92 Å². The molecule has 3 amide bonds. The summed E-state index contributed by atoms with van der Waals surface area (Å²) in [5.74, 6) is -0.755. The van der Waals surface area contributed by atoms with Crippen molar-refractivity contribution in [3.8, 4) is 0 Å². The molecule has 0 aliphatic carbocycles. The van der Waals surface area contributed by atoms with Gasteiger partial charge in [0.2, 0.25) is 5.91 Å². The van der Waals surface area contributed by atoms with E-state index in [1.165, 1.54) is 12.1 Å². The molecule has 110 valence electrons. The maximum absolute atomic E-state index is 13.1.